The molecule has 0 aromatic carbocycles. The second-order valence-electron chi connectivity index (χ2n) is 4.13. The average molecular weight is 237 g/mol. The third kappa shape index (κ3) is 2.71. The molecular weight excluding hydrogens is 222 g/mol. The van der Waals surface area contributed by atoms with Gasteiger partial charge >= 0.3 is 5.97 Å². The van der Waals surface area contributed by atoms with Gasteiger partial charge < -0.3 is 15.2 Å². The molecule has 1 aromatic heterocycles. The van der Waals surface area contributed by atoms with Gasteiger partial charge in [0.25, 0.3) is 0 Å². The topological polar surface area (TPSA) is 87.3 Å². The monoisotopic (exact) mass is 237 g/mol. The van der Waals surface area contributed by atoms with Gasteiger partial charge in [-0.1, -0.05) is 0 Å². The number of hydrogen-bond acceptors (Lipinski definition) is 6. The van der Waals surface area contributed by atoms with Gasteiger partial charge in [-0.25, -0.2) is 9.78 Å². The number of methoxy groups -OCH3 is 1. The molecule has 0 bridgehead atoms. The Morgan fingerprint density at radius 1 is 1.47 bits per heavy atom. The molecule has 0 saturated heterocycles. The molecule has 1 aromatic rings. The maximum Gasteiger partial charge on any atom is 0.376 e. The minimum absolute atomic E-state index is 0.0196. The summed E-state index contributed by atoms with van der Waals surface area (Å²) in [5, 5.41) is 0. The fourth-order valence-electron chi connectivity index (χ4n) is 1.66. The third-order valence-corrected chi connectivity index (χ3v) is 2.62. The van der Waals surface area contributed by atoms with Crippen molar-refractivity contribution in [3.63, 3.8) is 0 Å². The van der Waals surface area contributed by atoms with E-state index in [-0.39, 0.29) is 18.0 Å². The van der Waals surface area contributed by atoms with Crippen LogP contribution in [0.3, 0.4) is 0 Å². The summed E-state index contributed by atoms with van der Waals surface area (Å²) in [6, 6.07) is 1.90. The molecule has 0 amide bonds. The van der Waals surface area contributed by atoms with Gasteiger partial charge in [-0.15, -0.1) is 0 Å². The van der Waals surface area contributed by atoms with Crippen LogP contribution in [0.15, 0.2) is 6.07 Å². The largest absolute Gasteiger partial charge is 0.474 e. The Hall–Kier alpha value is -1.69. The molecule has 1 aliphatic carbocycles. The molecule has 2 N–H and O–H groups in total. The minimum atomic E-state index is -0.566. The fraction of sp³-hybridized carbons (Fsp3) is 0.545. The summed E-state index contributed by atoms with van der Waals surface area (Å²) in [4.78, 5) is 19.3. The average Bonchev–Trinajstić information content (AvgIpc) is 2.25. The van der Waals surface area contributed by atoms with Crippen molar-refractivity contribution in [2.75, 3.05) is 7.11 Å². The molecule has 6 heteroatoms. The molecule has 0 unspecified atom stereocenters. The van der Waals surface area contributed by atoms with Gasteiger partial charge in [0.05, 0.1) is 7.11 Å². The molecule has 17 heavy (non-hydrogen) atoms. The molecule has 1 aliphatic rings. The first-order valence-electron chi connectivity index (χ1n) is 5.44. The van der Waals surface area contributed by atoms with Crippen LogP contribution in [0, 0.1) is 6.92 Å². The Kier molecular flexibility index (Phi) is 3.23. The van der Waals surface area contributed by atoms with E-state index in [0.29, 0.717) is 11.6 Å². The Labute approximate surface area is 99.1 Å². The van der Waals surface area contributed by atoms with Crippen LogP contribution in [-0.4, -0.2) is 35.2 Å². The summed E-state index contributed by atoms with van der Waals surface area (Å²) >= 11 is 0. The minimum Gasteiger partial charge on any atom is -0.474 e. The van der Waals surface area contributed by atoms with Gasteiger partial charge in [0, 0.05) is 17.8 Å². The number of aromatic nitrogens is 2. The van der Waals surface area contributed by atoms with Crippen molar-refractivity contribution in [3.8, 4) is 5.88 Å². The normalized spacial score (nSPS) is 22.8. The predicted molar refractivity (Wildman–Crippen MR) is 59.7 cm³/mol. The van der Waals surface area contributed by atoms with Crippen LogP contribution in [0.25, 0.3) is 0 Å². The zero-order valence-corrected chi connectivity index (χ0v) is 9.84. The number of hydrogen-bond donors (Lipinski definition) is 1. The first-order valence-corrected chi connectivity index (χ1v) is 5.44. The van der Waals surface area contributed by atoms with Crippen LogP contribution in [0.2, 0.25) is 0 Å². The first kappa shape index (κ1) is 11.8. The van der Waals surface area contributed by atoms with E-state index < -0.39 is 5.97 Å². The highest BCUT2D eigenvalue weighted by Gasteiger charge is 2.28. The summed E-state index contributed by atoms with van der Waals surface area (Å²) in [6.07, 6.45) is 1.72. The van der Waals surface area contributed by atoms with E-state index in [1.54, 1.807) is 13.0 Å². The SMILES string of the molecule is COC(=O)c1nc(C)cc(OC2CC(N)C2)n1. The molecule has 0 atom stereocenters. The highest BCUT2D eigenvalue weighted by Crippen LogP contribution is 2.23. The van der Waals surface area contributed by atoms with Crippen LogP contribution in [0.1, 0.15) is 29.2 Å². The number of esters is 1. The van der Waals surface area contributed by atoms with E-state index >= 15 is 0 Å². The van der Waals surface area contributed by atoms with E-state index in [4.69, 9.17) is 10.5 Å². The summed E-state index contributed by atoms with van der Waals surface area (Å²) in [6.45, 7) is 1.77. The molecule has 1 saturated carbocycles. The second-order valence-corrected chi connectivity index (χ2v) is 4.13. The molecule has 1 fully saturated rings. The zero-order chi connectivity index (χ0) is 12.4. The lowest BCUT2D eigenvalue weighted by Crippen LogP contribution is -2.43. The Balaban J connectivity index is 2.11. The summed E-state index contributed by atoms with van der Waals surface area (Å²) in [5.74, 6) is -0.148. The maximum absolute atomic E-state index is 11.3. The summed E-state index contributed by atoms with van der Waals surface area (Å²) in [7, 11) is 1.29. The van der Waals surface area contributed by atoms with Gasteiger partial charge in [-0.3, -0.25) is 0 Å². The maximum atomic E-state index is 11.3. The molecule has 2 rings (SSSR count). The molecule has 92 valence electrons. The zero-order valence-electron chi connectivity index (χ0n) is 9.84. The van der Waals surface area contributed by atoms with E-state index in [1.807, 2.05) is 0 Å². The van der Waals surface area contributed by atoms with Crippen LogP contribution in [0.4, 0.5) is 0 Å². The molecular formula is C11H15N3O3. The lowest BCUT2D eigenvalue weighted by atomic mass is 9.90. The fourth-order valence-corrected chi connectivity index (χ4v) is 1.66. The number of rotatable bonds is 3. The molecule has 6 nitrogen and oxygen atoms in total. The van der Waals surface area contributed by atoms with Gasteiger partial charge in [0.15, 0.2) is 0 Å². The Morgan fingerprint density at radius 3 is 2.76 bits per heavy atom. The van der Waals surface area contributed by atoms with E-state index in [0.717, 1.165) is 12.8 Å². The number of carbonyl (C=O) groups is 1. The van der Waals surface area contributed by atoms with Crippen molar-refractivity contribution < 1.29 is 14.3 Å². The molecule has 1 heterocycles. The molecule has 0 radical (unpaired) electrons. The van der Waals surface area contributed by atoms with Crippen molar-refractivity contribution in [3.05, 3.63) is 17.6 Å². The number of nitrogens with two attached hydrogens (primary N) is 1. The van der Waals surface area contributed by atoms with E-state index in [9.17, 15) is 4.79 Å². The van der Waals surface area contributed by atoms with Crippen molar-refractivity contribution in [2.24, 2.45) is 5.73 Å². The van der Waals surface area contributed by atoms with Gasteiger partial charge in [0.2, 0.25) is 11.7 Å². The van der Waals surface area contributed by atoms with E-state index in [2.05, 4.69) is 14.7 Å². The number of nitrogens with zero attached hydrogens (tertiary/aromatic N) is 2. The predicted octanol–water partition coefficient (Wildman–Crippen LogP) is 0.440. The van der Waals surface area contributed by atoms with Gasteiger partial charge in [-0.2, -0.15) is 4.98 Å². The number of ether oxygens (including phenoxy) is 2. The van der Waals surface area contributed by atoms with Crippen molar-refractivity contribution in [2.45, 2.75) is 31.9 Å². The smallest absolute Gasteiger partial charge is 0.376 e. The van der Waals surface area contributed by atoms with Crippen LogP contribution in [0.5, 0.6) is 5.88 Å². The first-order chi connectivity index (χ1) is 8.08. The number of aryl methyl sites for hydroxylation is 1. The highest BCUT2D eigenvalue weighted by molar-refractivity contribution is 5.85. The van der Waals surface area contributed by atoms with Crippen LogP contribution >= 0.6 is 0 Å². The van der Waals surface area contributed by atoms with Crippen molar-refractivity contribution >= 4 is 5.97 Å². The lowest BCUT2D eigenvalue weighted by Gasteiger charge is -2.32. The summed E-state index contributed by atoms with van der Waals surface area (Å²) in [5.41, 5.74) is 6.33. The van der Waals surface area contributed by atoms with E-state index in [1.165, 1.54) is 7.11 Å². The second kappa shape index (κ2) is 4.67. The molecule has 0 aliphatic heterocycles. The van der Waals surface area contributed by atoms with Gasteiger partial charge in [0.1, 0.15) is 6.10 Å². The highest BCUT2D eigenvalue weighted by atomic mass is 16.5. The Morgan fingerprint density at radius 2 is 2.18 bits per heavy atom. The van der Waals surface area contributed by atoms with Gasteiger partial charge in [-0.05, 0) is 19.8 Å². The van der Waals surface area contributed by atoms with Crippen LogP contribution < -0.4 is 10.5 Å². The van der Waals surface area contributed by atoms with Crippen molar-refractivity contribution in [1.29, 1.82) is 0 Å². The standard InChI is InChI=1S/C11H15N3O3/c1-6-3-9(17-8-4-7(12)5-8)14-10(13-6)11(15)16-2/h3,7-8H,4-5,12H2,1-2H3. The van der Waals surface area contributed by atoms with Crippen molar-refractivity contribution in [1.82, 2.24) is 9.97 Å². The molecule has 0 spiro atoms. The third-order valence-electron chi connectivity index (χ3n) is 2.62. The summed E-state index contributed by atoms with van der Waals surface area (Å²) < 4.78 is 10.2. The number of carbonyl (C=O) groups excluding carboxylic acids is 1. The van der Waals surface area contributed by atoms with Crippen LogP contribution in [-0.2, 0) is 4.74 Å². The quantitative estimate of drug-likeness (QED) is 0.767. The Bertz CT molecular complexity index is 430. The lowest BCUT2D eigenvalue weighted by molar-refractivity contribution is 0.0578.